The predicted molar refractivity (Wildman–Crippen MR) is 191 cm³/mol. The number of rotatable bonds is 9. The molecule has 3 nitrogen and oxygen atoms in total. The first kappa shape index (κ1) is 29.0. The van der Waals surface area contributed by atoms with Crippen LogP contribution in [0.3, 0.4) is 0 Å². The Morgan fingerprint density at radius 3 is 2.00 bits per heavy atom. The van der Waals surface area contributed by atoms with Gasteiger partial charge >= 0.3 is 0 Å². The summed E-state index contributed by atoms with van der Waals surface area (Å²) in [6.45, 7) is 6.60. The Kier molecular flexibility index (Phi) is 9.16. The summed E-state index contributed by atoms with van der Waals surface area (Å²) in [6.07, 6.45) is 10.1. The van der Waals surface area contributed by atoms with Crippen LogP contribution in [-0.4, -0.2) is 23.9 Å². The summed E-state index contributed by atoms with van der Waals surface area (Å²) < 4.78 is 0. The number of nitrogens with zero attached hydrogens (tertiary/aromatic N) is 3. The van der Waals surface area contributed by atoms with Crippen LogP contribution in [0.2, 0.25) is 0 Å². The summed E-state index contributed by atoms with van der Waals surface area (Å²) in [6, 6.07) is 47.5. The summed E-state index contributed by atoms with van der Waals surface area (Å²) in [4.78, 5) is 11.6. The highest BCUT2D eigenvalue weighted by Crippen LogP contribution is 2.34. The largest absolute Gasteiger partial charge is 0.341 e. The SMILES string of the molecule is C=N/C=C(/C(=Nc1ccccc1C)c1cccc(-c2ccc(P(c3ccccc3)c3ccccc3)cc2)c1)N1C=CC=CC1. The van der Waals surface area contributed by atoms with E-state index in [-0.39, 0.29) is 0 Å². The minimum absolute atomic E-state index is 0.656. The van der Waals surface area contributed by atoms with E-state index in [0.29, 0.717) is 0 Å². The van der Waals surface area contributed by atoms with E-state index in [9.17, 15) is 0 Å². The molecular weight excluding hydrogens is 553 g/mol. The van der Waals surface area contributed by atoms with Gasteiger partial charge in [-0.2, -0.15) is 0 Å². The third kappa shape index (κ3) is 6.59. The van der Waals surface area contributed by atoms with Gasteiger partial charge in [-0.05, 0) is 72.4 Å². The van der Waals surface area contributed by atoms with Gasteiger partial charge in [-0.25, -0.2) is 4.99 Å². The van der Waals surface area contributed by atoms with Crippen LogP contribution in [0.4, 0.5) is 5.69 Å². The van der Waals surface area contributed by atoms with Crippen molar-refractivity contribution < 1.29 is 0 Å². The van der Waals surface area contributed by atoms with Crippen LogP contribution in [0.25, 0.3) is 11.1 Å². The molecule has 4 heteroatoms. The van der Waals surface area contributed by atoms with Crippen LogP contribution in [0, 0.1) is 6.92 Å². The van der Waals surface area contributed by atoms with Gasteiger partial charge in [0.05, 0.1) is 23.3 Å². The third-order valence-corrected chi connectivity index (χ3v) is 10.00. The zero-order valence-electron chi connectivity index (χ0n) is 24.8. The fourth-order valence-corrected chi connectivity index (χ4v) is 7.62. The van der Waals surface area contributed by atoms with Crippen LogP contribution in [0.15, 0.2) is 180 Å². The maximum absolute atomic E-state index is 5.23. The van der Waals surface area contributed by atoms with Gasteiger partial charge in [-0.1, -0.05) is 133 Å². The Hall–Kier alpha value is -5.11. The van der Waals surface area contributed by atoms with Gasteiger partial charge in [0, 0.05) is 18.3 Å². The molecule has 5 aromatic rings. The molecule has 214 valence electrons. The Bertz CT molecular complexity index is 1810. The molecule has 44 heavy (non-hydrogen) atoms. The Labute approximate surface area is 261 Å². The molecule has 0 fully saturated rings. The van der Waals surface area contributed by atoms with E-state index in [4.69, 9.17) is 4.99 Å². The molecule has 0 atom stereocenters. The molecular formula is C40H34N3P. The molecule has 0 saturated heterocycles. The molecule has 0 radical (unpaired) electrons. The minimum atomic E-state index is -0.656. The van der Waals surface area contributed by atoms with Gasteiger partial charge in [0.1, 0.15) is 0 Å². The maximum Gasteiger partial charge on any atom is 0.0962 e. The average molecular weight is 588 g/mol. The number of aliphatic imine (C=N–C) groups is 2. The summed E-state index contributed by atoms with van der Waals surface area (Å²) in [7, 11) is -0.656. The van der Waals surface area contributed by atoms with Crippen molar-refractivity contribution in [2.75, 3.05) is 6.54 Å². The lowest BCUT2D eigenvalue weighted by Gasteiger charge is -2.25. The van der Waals surface area contributed by atoms with E-state index in [0.717, 1.165) is 45.9 Å². The van der Waals surface area contributed by atoms with E-state index in [1.807, 2.05) is 18.2 Å². The lowest BCUT2D eigenvalue weighted by molar-refractivity contribution is 0.535. The van der Waals surface area contributed by atoms with Gasteiger partial charge < -0.3 is 4.90 Å². The van der Waals surface area contributed by atoms with E-state index in [2.05, 4.69) is 163 Å². The molecule has 0 unspecified atom stereocenters. The highest BCUT2D eigenvalue weighted by molar-refractivity contribution is 7.79. The molecule has 6 rings (SSSR count). The Morgan fingerprint density at radius 2 is 1.36 bits per heavy atom. The summed E-state index contributed by atoms with van der Waals surface area (Å²) in [5.74, 6) is 0. The number of benzene rings is 5. The van der Waals surface area contributed by atoms with Crippen molar-refractivity contribution in [3.05, 3.63) is 181 Å². The number of para-hydroxylation sites is 1. The normalized spacial score (nSPS) is 13.4. The second kappa shape index (κ2) is 13.9. The zero-order chi connectivity index (χ0) is 30.1. The van der Waals surface area contributed by atoms with Gasteiger partial charge in [-0.15, -0.1) is 0 Å². The van der Waals surface area contributed by atoms with Crippen molar-refractivity contribution in [1.29, 1.82) is 0 Å². The molecule has 0 bridgehead atoms. The number of hydrogen-bond acceptors (Lipinski definition) is 3. The fraction of sp³-hybridized carbons (Fsp3) is 0.0500. The molecule has 5 aromatic carbocycles. The van der Waals surface area contributed by atoms with Gasteiger partial charge in [0.25, 0.3) is 0 Å². The van der Waals surface area contributed by atoms with Crippen molar-refractivity contribution in [1.82, 2.24) is 4.90 Å². The van der Waals surface area contributed by atoms with Crippen molar-refractivity contribution in [3.8, 4) is 11.1 Å². The van der Waals surface area contributed by atoms with Crippen LogP contribution >= 0.6 is 7.92 Å². The predicted octanol–water partition coefficient (Wildman–Crippen LogP) is 8.47. The molecule has 0 amide bonds. The van der Waals surface area contributed by atoms with Crippen LogP contribution in [0.1, 0.15) is 11.1 Å². The van der Waals surface area contributed by atoms with Crippen molar-refractivity contribution in [2.45, 2.75) is 6.92 Å². The zero-order valence-corrected chi connectivity index (χ0v) is 25.7. The van der Waals surface area contributed by atoms with Gasteiger partial charge in [0.2, 0.25) is 0 Å². The molecule has 0 aromatic heterocycles. The molecule has 1 heterocycles. The van der Waals surface area contributed by atoms with E-state index in [1.165, 1.54) is 15.9 Å². The number of allylic oxidation sites excluding steroid dienone is 3. The van der Waals surface area contributed by atoms with Crippen LogP contribution in [-0.2, 0) is 0 Å². The smallest absolute Gasteiger partial charge is 0.0962 e. The monoisotopic (exact) mass is 587 g/mol. The number of hydrogen-bond donors (Lipinski definition) is 0. The van der Waals surface area contributed by atoms with Crippen molar-refractivity contribution >= 4 is 42.0 Å². The molecule has 0 aliphatic carbocycles. The van der Waals surface area contributed by atoms with Crippen LogP contribution in [0.5, 0.6) is 0 Å². The second-order valence-electron chi connectivity index (χ2n) is 10.5. The highest BCUT2D eigenvalue weighted by Gasteiger charge is 2.19. The maximum atomic E-state index is 5.23. The topological polar surface area (TPSA) is 28.0 Å². The lowest BCUT2D eigenvalue weighted by Crippen LogP contribution is -2.25. The Balaban J connectivity index is 1.40. The summed E-state index contributed by atoms with van der Waals surface area (Å²) in [5.41, 5.74) is 7.10. The summed E-state index contributed by atoms with van der Waals surface area (Å²) >= 11 is 0. The van der Waals surface area contributed by atoms with E-state index >= 15 is 0 Å². The number of aryl methyl sites for hydroxylation is 1. The average Bonchev–Trinajstić information content (AvgIpc) is 3.09. The first-order valence-electron chi connectivity index (χ1n) is 14.7. The lowest BCUT2D eigenvalue weighted by atomic mass is 9.99. The molecule has 1 aliphatic rings. The van der Waals surface area contributed by atoms with E-state index in [1.54, 1.807) is 6.20 Å². The molecule has 0 N–H and O–H groups in total. The molecule has 1 aliphatic heterocycles. The quantitative estimate of drug-likeness (QED) is 0.126. The van der Waals surface area contributed by atoms with Crippen molar-refractivity contribution in [3.63, 3.8) is 0 Å². The van der Waals surface area contributed by atoms with Gasteiger partial charge in [-0.3, -0.25) is 4.99 Å². The summed E-state index contributed by atoms with van der Waals surface area (Å²) in [5, 5.41) is 4.01. The van der Waals surface area contributed by atoms with E-state index < -0.39 is 7.92 Å². The fourth-order valence-electron chi connectivity index (χ4n) is 5.33. The third-order valence-electron chi connectivity index (χ3n) is 7.55. The minimum Gasteiger partial charge on any atom is -0.341 e. The first-order valence-corrected chi connectivity index (χ1v) is 16.1. The second-order valence-corrected chi connectivity index (χ2v) is 12.7. The molecule has 0 spiro atoms. The Morgan fingerprint density at radius 1 is 0.705 bits per heavy atom. The van der Waals surface area contributed by atoms with Crippen molar-refractivity contribution in [2.24, 2.45) is 9.98 Å². The highest BCUT2D eigenvalue weighted by atomic mass is 31.1. The first-order chi connectivity index (χ1) is 21.7. The van der Waals surface area contributed by atoms with Crippen LogP contribution < -0.4 is 15.9 Å². The standard InChI is InChI=1S/C40H34N3P/c1-31-15-10-11-22-38(31)42-40(39(30-41-2)43-27-12-5-13-28-43)34-17-14-16-33(29-34)32-23-25-37(26-24-32)44(35-18-6-3-7-19-35)36-20-8-4-9-21-36/h3-27,29-30H,2,28H2,1H3/b39-30-,42-40?. The molecule has 0 saturated carbocycles. The van der Waals surface area contributed by atoms with Gasteiger partial charge in [0.15, 0.2) is 0 Å².